The van der Waals surface area contributed by atoms with Crippen molar-refractivity contribution in [3.63, 3.8) is 0 Å². The van der Waals surface area contributed by atoms with Crippen LogP contribution in [0.1, 0.15) is 33.2 Å². The molecule has 2 aromatic rings. The van der Waals surface area contributed by atoms with Crippen molar-refractivity contribution in [1.82, 2.24) is 4.90 Å². The predicted octanol–water partition coefficient (Wildman–Crippen LogP) is 2.07. The van der Waals surface area contributed by atoms with Gasteiger partial charge in [0.1, 0.15) is 12.1 Å². The van der Waals surface area contributed by atoms with Gasteiger partial charge in [0.15, 0.2) is 6.10 Å². The number of nitro benzene ring substituents is 1. The first-order valence-corrected chi connectivity index (χ1v) is 8.90. The Kier molecular flexibility index (Phi) is 5.58. The number of anilines is 1. The lowest BCUT2D eigenvalue weighted by molar-refractivity contribution is -0.385. The normalized spacial score (nSPS) is 13.6. The summed E-state index contributed by atoms with van der Waals surface area (Å²) in [7, 11) is 0. The second-order valence-corrected chi connectivity index (χ2v) is 6.59. The van der Waals surface area contributed by atoms with Crippen molar-refractivity contribution in [3.8, 4) is 0 Å². The summed E-state index contributed by atoms with van der Waals surface area (Å²) in [5.41, 5.74) is 0.320. The van der Waals surface area contributed by atoms with Gasteiger partial charge in [0, 0.05) is 11.8 Å². The van der Waals surface area contributed by atoms with Gasteiger partial charge in [-0.05, 0) is 31.5 Å². The van der Waals surface area contributed by atoms with Crippen molar-refractivity contribution in [2.24, 2.45) is 0 Å². The number of para-hydroxylation sites is 1. The number of hydrogen-bond donors (Lipinski definition) is 1. The van der Waals surface area contributed by atoms with Crippen molar-refractivity contribution in [2.45, 2.75) is 20.0 Å². The Labute approximate surface area is 170 Å². The van der Waals surface area contributed by atoms with E-state index in [9.17, 15) is 29.3 Å². The maximum absolute atomic E-state index is 12.5. The van der Waals surface area contributed by atoms with Crippen molar-refractivity contribution in [1.29, 1.82) is 0 Å². The van der Waals surface area contributed by atoms with Crippen LogP contribution in [0.25, 0.3) is 0 Å². The fraction of sp³-hybridized carbons (Fsp3) is 0.200. The van der Waals surface area contributed by atoms with Gasteiger partial charge >= 0.3 is 5.97 Å². The molecule has 0 radical (unpaired) electrons. The van der Waals surface area contributed by atoms with Gasteiger partial charge in [0.25, 0.3) is 23.4 Å². The molecule has 10 nitrogen and oxygen atoms in total. The Balaban J connectivity index is 1.66. The van der Waals surface area contributed by atoms with Gasteiger partial charge in [-0.3, -0.25) is 34.2 Å². The molecule has 0 aliphatic carbocycles. The number of hydrogen-bond acceptors (Lipinski definition) is 7. The molecule has 3 rings (SSSR count). The van der Waals surface area contributed by atoms with E-state index >= 15 is 0 Å². The molecule has 154 valence electrons. The highest BCUT2D eigenvalue weighted by Gasteiger charge is 2.42. The number of carbonyl (C=O) groups is 4. The van der Waals surface area contributed by atoms with Crippen LogP contribution in [0.15, 0.2) is 42.5 Å². The number of nitrogens with one attached hydrogen (secondary N) is 1. The van der Waals surface area contributed by atoms with Gasteiger partial charge < -0.3 is 10.1 Å². The number of fused-ring (bicyclic) bond motifs is 1. The molecule has 1 atom stereocenters. The van der Waals surface area contributed by atoms with Crippen LogP contribution >= 0.6 is 0 Å². The maximum Gasteiger partial charge on any atom is 0.326 e. The van der Waals surface area contributed by atoms with Crippen molar-refractivity contribution in [2.75, 3.05) is 11.9 Å². The van der Waals surface area contributed by atoms with Gasteiger partial charge in [-0.15, -0.1) is 0 Å². The van der Waals surface area contributed by atoms with Crippen LogP contribution in [0.2, 0.25) is 0 Å². The first-order valence-electron chi connectivity index (χ1n) is 8.90. The predicted molar refractivity (Wildman–Crippen MR) is 104 cm³/mol. The molecule has 0 spiro atoms. The smallest absolute Gasteiger partial charge is 0.326 e. The molecule has 10 heteroatoms. The summed E-state index contributed by atoms with van der Waals surface area (Å²) in [5, 5.41) is 13.7. The molecule has 1 N–H and O–H groups in total. The molecule has 1 aliphatic rings. The fourth-order valence-corrected chi connectivity index (χ4v) is 2.98. The summed E-state index contributed by atoms with van der Waals surface area (Å²) in [6.45, 7) is 2.37. The SMILES string of the molecule is Cc1ccccc1NC(=O)C(C)OC(=O)CN1C(=O)c2cccc([N+](=O)[O-])c2C1=O. The summed E-state index contributed by atoms with van der Waals surface area (Å²) in [5.74, 6) is -3.39. The van der Waals surface area contributed by atoms with E-state index < -0.39 is 47.0 Å². The van der Waals surface area contributed by atoms with E-state index in [-0.39, 0.29) is 11.1 Å². The Bertz CT molecular complexity index is 1080. The van der Waals surface area contributed by atoms with Crippen LogP contribution in [0, 0.1) is 17.0 Å². The number of benzene rings is 2. The van der Waals surface area contributed by atoms with E-state index in [1.165, 1.54) is 19.1 Å². The van der Waals surface area contributed by atoms with E-state index in [2.05, 4.69) is 5.32 Å². The Morgan fingerprint density at radius 1 is 1.13 bits per heavy atom. The highest BCUT2D eigenvalue weighted by atomic mass is 16.6. The minimum absolute atomic E-state index is 0.160. The van der Waals surface area contributed by atoms with Crippen LogP contribution < -0.4 is 5.32 Å². The Morgan fingerprint density at radius 3 is 2.50 bits per heavy atom. The summed E-state index contributed by atoms with van der Waals surface area (Å²) in [4.78, 5) is 60.3. The lowest BCUT2D eigenvalue weighted by atomic mass is 10.1. The third kappa shape index (κ3) is 3.88. The first-order chi connectivity index (χ1) is 14.2. The Hall–Kier alpha value is -4.08. The van der Waals surface area contributed by atoms with Crippen molar-refractivity contribution < 1.29 is 28.8 Å². The topological polar surface area (TPSA) is 136 Å². The molecule has 1 heterocycles. The number of aryl methyl sites for hydroxylation is 1. The molecule has 3 amide bonds. The minimum atomic E-state index is -1.19. The van der Waals surface area contributed by atoms with Crippen LogP contribution in [0.3, 0.4) is 0 Å². The molecule has 1 unspecified atom stereocenters. The average molecular weight is 411 g/mol. The number of nitro groups is 1. The highest BCUT2D eigenvalue weighted by Crippen LogP contribution is 2.30. The largest absolute Gasteiger partial charge is 0.451 e. The van der Waals surface area contributed by atoms with Crippen molar-refractivity contribution >= 4 is 35.1 Å². The summed E-state index contributed by atoms with van der Waals surface area (Å²) < 4.78 is 5.03. The lowest BCUT2D eigenvalue weighted by Crippen LogP contribution is -2.38. The van der Waals surface area contributed by atoms with E-state index in [1.807, 2.05) is 0 Å². The molecule has 0 bridgehead atoms. The average Bonchev–Trinajstić information content (AvgIpc) is 2.94. The van der Waals surface area contributed by atoms with Crippen LogP contribution in [-0.2, 0) is 14.3 Å². The number of carbonyl (C=O) groups excluding carboxylic acids is 4. The van der Waals surface area contributed by atoms with Gasteiger partial charge in [-0.25, -0.2) is 0 Å². The minimum Gasteiger partial charge on any atom is -0.451 e. The standard InChI is InChI=1S/C20H17N3O7/c1-11-6-3-4-8-14(11)21-18(25)12(2)30-16(24)10-22-19(26)13-7-5-9-15(23(28)29)17(13)20(22)27/h3-9,12H,10H2,1-2H3,(H,21,25). The van der Waals surface area contributed by atoms with Gasteiger partial charge in [-0.1, -0.05) is 24.3 Å². The number of ether oxygens (including phenoxy) is 1. The number of esters is 1. The number of rotatable bonds is 6. The van der Waals surface area contributed by atoms with E-state index in [1.54, 1.807) is 31.2 Å². The highest BCUT2D eigenvalue weighted by molar-refractivity contribution is 6.24. The molecular formula is C20H17N3O7. The van der Waals surface area contributed by atoms with Gasteiger partial charge in [0.2, 0.25) is 0 Å². The van der Waals surface area contributed by atoms with Crippen LogP contribution in [0.5, 0.6) is 0 Å². The third-order valence-corrected chi connectivity index (χ3v) is 4.54. The maximum atomic E-state index is 12.5. The van der Waals surface area contributed by atoms with E-state index in [0.29, 0.717) is 10.6 Å². The zero-order chi connectivity index (χ0) is 22.0. The fourth-order valence-electron chi connectivity index (χ4n) is 2.98. The number of imide groups is 1. The number of nitrogens with zero attached hydrogens (tertiary/aromatic N) is 2. The van der Waals surface area contributed by atoms with Crippen LogP contribution in [0.4, 0.5) is 11.4 Å². The first kappa shape index (κ1) is 20.6. The lowest BCUT2D eigenvalue weighted by Gasteiger charge is -2.17. The van der Waals surface area contributed by atoms with E-state index in [0.717, 1.165) is 11.6 Å². The zero-order valence-electron chi connectivity index (χ0n) is 16.1. The monoisotopic (exact) mass is 411 g/mol. The molecule has 0 aromatic heterocycles. The van der Waals surface area contributed by atoms with Gasteiger partial charge in [-0.2, -0.15) is 0 Å². The summed E-state index contributed by atoms with van der Waals surface area (Å²) in [6.07, 6.45) is -1.19. The molecule has 0 saturated heterocycles. The van der Waals surface area contributed by atoms with Gasteiger partial charge in [0.05, 0.1) is 10.5 Å². The Morgan fingerprint density at radius 2 is 1.83 bits per heavy atom. The second kappa shape index (κ2) is 8.11. The third-order valence-electron chi connectivity index (χ3n) is 4.54. The second-order valence-electron chi connectivity index (χ2n) is 6.59. The zero-order valence-corrected chi connectivity index (χ0v) is 16.1. The molecule has 1 aliphatic heterocycles. The number of amides is 3. The van der Waals surface area contributed by atoms with Crippen LogP contribution in [-0.4, -0.2) is 46.2 Å². The molecule has 0 saturated carbocycles. The van der Waals surface area contributed by atoms with E-state index in [4.69, 9.17) is 4.74 Å². The summed E-state index contributed by atoms with van der Waals surface area (Å²) in [6, 6.07) is 10.7. The quantitative estimate of drug-likeness (QED) is 0.333. The molecular weight excluding hydrogens is 394 g/mol. The molecule has 30 heavy (non-hydrogen) atoms. The molecule has 2 aromatic carbocycles. The van der Waals surface area contributed by atoms with Crippen molar-refractivity contribution in [3.05, 3.63) is 69.3 Å². The summed E-state index contributed by atoms with van der Waals surface area (Å²) >= 11 is 0. The molecule has 0 fully saturated rings.